The monoisotopic (exact) mass is 429 g/mol. The van der Waals surface area contributed by atoms with Crippen molar-refractivity contribution in [3.8, 4) is 5.75 Å². The number of halogens is 4. The molecule has 29 heavy (non-hydrogen) atoms. The number of ether oxygens (including phenoxy) is 1. The lowest BCUT2D eigenvalue weighted by molar-refractivity contribution is -0.137. The van der Waals surface area contributed by atoms with E-state index >= 15 is 0 Å². The van der Waals surface area contributed by atoms with Crippen LogP contribution in [0.5, 0.6) is 5.75 Å². The van der Waals surface area contributed by atoms with E-state index in [0.717, 1.165) is 12.1 Å². The fraction of sp³-hybridized carbons (Fsp3) is 0.263. The third kappa shape index (κ3) is 6.95. The van der Waals surface area contributed by atoms with Crippen molar-refractivity contribution in [3.05, 3.63) is 53.1 Å². The minimum atomic E-state index is -4.67. The van der Waals surface area contributed by atoms with Crippen molar-refractivity contribution in [1.29, 1.82) is 0 Å². The number of carbonyl (C=O) groups excluding carboxylic acids is 2. The number of nitrogens with zero attached hydrogens (tertiary/aromatic N) is 1. The zero-order valence-electron chi connectivity index (χ0n) is 15.6. The van der Waals surface area contributed by atoms with Crippen LogP contribution < -0.4 is 15.4 Å². The number of carbonyl (C=O) groups is 2. The first-order valence-electron chi connectivity index (χ1n) is 8.37. The number of anilines is 2. The van der Waals surface area contributed by atoms with E-state index in [1.165, 1.54) is 25.1 Å². The zero-order chi connectivity index (χ0) is 21.6. The second kappa shape index (κ2) is 9.62. The Morgan fingerprint density at radius 1 is 1.07 bits per heavy atom. The summed E-state index contributed by atoms with van der Waals surface area (Å²) >= 11 is 5.61. The summed E-state index contributed by atoms with van der Waals surface area (Å²) in [7, 11) is 3.00. The molecule has 0 unspecified atom stereocenters. The number of alkyl halides is 3. The van der Waals surface area contributed by atoms with Crippen molar-refractivity contribution >= 4 is 34.8 Å². The van der Waals surface area contributed by atoms with Crippen LogP contribution in [0.15, 0.2) is 42.5 Å². The van der Waals surface area contributed by atoms with Gasteiger partial charge >= 0.3 is 6.18 Å². The van der Waals surface area contributed by atoms with Gasteiger partial charge in [0.1, 0.15) is 5.75 Å². The highest BCUT2D eigenvalue weighted by Crippen LogP contribution is 2.36. The van der Waals surface area contributed by atoms with E-state index in [1.54, 1.807) is 24.3 Å². The molecular weight excluding hydrogens is 411 g/mol. The molecule has 2 N–H and O–H groups in total. The minimum absolute atomic E-state index is 0.0957. The van der Waals surface area contributed by atoms with Crippen LogP contribution in [0.3, 0.4) is 0 Å². The molecular formula is C19H19ClF3N3O3. The van der Waals surface area contributed by atoms with E-state index in [9.17, 15) is 22.8 Å². The Kier molecular flexibility index (Phi) is 7.46. The van der Waals surface area contributed by atoms with E-state index < -0.39 is 29.2 Å². The summed E-state index contributed by atoms with van der Waals surface area (Å²) in [6, 6.07) is 9.79. The van der Waals surface area contributed by atoms with Crippen molar-refractivity contribution < 1.29 is 27.5 Å². The van der Waals surface area contributed by atoms with Crippen molar-refractivity contribution in [3.63, 3.8) is 0 Å². The van der Waals surface area contributed by atoms with Crippen LogP contribution in [-0.4, -0.2) is 44.0 Å². The standard InChI is InChI=1S/C19H19ClF3N3O3/c1-26(10-17(27)24-13-4-3-5-14(9-13)29-2)11-18(28)25-16-7-6-12(20)8-15(16)19(21,22)23/h3-9H,10-11H2,1-2H3,(H,24,27)(H,25,28). The lowest BCUT2D eigenvalue weighted by atomic mass is 10.1. The molecule has 0 saturated carbocycles. The van der Waals surface area contributed by atoms with Gasteiger partial charge in [-0.3, -0.25) is 14.5 Å². The molecule has 10 heteroatoms. The average molecular weight is 430 g/mol. The maximum Gasteiger partial charge on any atom is 0.418 e. The van der Waals surface area contributed by atoms with Crippen LogP contribution >= 0.6 is 11.6 Å². The van der Waals surface area contributed by atoms with Crippen molar-refractivity contribution in [2.24, 2.45) is 0 Å². The molecule has 0 aliphatic rings. The Hall–Kier alpha value is -2.78. The second-order valence-electron chi connectivity index (χ2n) is 6.19. The first kappa shape index (κ1) is 22.5. The SMILES string of the molecule is COc1cccc(NC(=O)CN(C)CC(=O)Nc2ccc(Cl)cc2C(F)(F)F)c1. The van der Waals surface area contributed by atoms with Gasteiger partial charge in [0.15, 0.2) is 0 Å². The normalized spacial score (nSPS) is 11.3. The quantitative estimate of drug-likeness (QED) is 0.701. The molecule has 0 heterocycles. The molecule has 0 spiro atoms. The van der Waals surface area contributed by atoms with Gasteiger partial charge in [-0.2, -0.15) is 13.2 Å². The number of hydrogen-bond donors (Lipinski definition) is 2. The lowest BCUT2D eigenvalue weighted by Gasteiger charge is -2.18. The van der Waals surface area contributed by atoms with E-state index in [2.05, 4.69) is 10.6 Å². The summed E-state index contributed by atoms with van der Waals surface area (Å²) in [5.74, 6) is -0.524. The summed E-state index contributed by atoms with van der Waals surface area (Å²) < 4.78 is 44.3. The van der Waals surface area contributed by atoms with Gasteiger partial charge in [0.2, 0.25) is 11.8 Å². The molecule has 0 bridgehead atoms. The van der Waals surface area contributed by atoms with E-state index in [-0.39, 0.29) is 18.1 Å². The predicted octanol–water partition coefficient (Wildman–Crippen LogP) is 3.88. The number of methoxy groups -OCH3 is 1. The Morgan fingerprint density at radius 3 is 2.34 bits per heavy atom. The maximum atomic E-state index is 13.1. The van der Waals surface area contributed by atoms with E-state index in [4.69, 9.17) is 16.3 Å². The van der Waals surface area contributed by atoms with Gasteiger partial charge in [0.25, 0.3) is 0 Å². The highest BCUT2D eigenvalue weighted by atomic mass is 35.5. The number of amides is 2. The highest BCUT2D eigenvalue weighted by Gasteiger charge is 2.34. The van der Waals surface area contributed by atoms with Crippen molar-refractivity contribution in [2.75, 3.05) is 37.9 Å². The Morgan fingerprint density at radius 2 is 1.72 bits per heavy atom. The molecule has 0 saturated heterocycles. The second-order valence-corrected chi connectivity index (χ2v) is 6.62. The van der Waals surface area contributed by atoms with Crippen LogP contribution in [0.25, 0.3) is 0 Å². The van der Waals surface area contributed by atoms with Gasteiger partial charge in [-0.05, 0) is 37.4 Å². The number of hydrogen-bond acceptors (Lipinski definition) is 4. The molecule has 2 aromatic rings. The Balaban J connectivity index is 1.93. The van der Waals surface area contributed by atoms with Gasteiger partial charge in [-0.15, -0.1) is 0 Å². The largest absolute Gasteiger partial charge is 0.497 e. The van der Waals surface area contributed by atoms with Crippen LogP contribution in [0.2, 0.25) is 5.02 Å². The average Bonchev–Trinajstić information content (AvgIpc) is 2.62. The van der Waals surface area contributed by atoms with E-state index in [1.807, 2.05) is 0 Å². The van der Waals surface area contributed by atoms with E-state index in [0.29, 0.717) is 11.4 Å². The number of nitrogens with one attached hydrogen (secondary N) is 2. The molecule has 0 atom stereocenters. The maximum absolute atomic E-state index is 13.1. The van der Waals surface area contributed by atoms with Crippen LogP contribution in [0.1, 0.15) is 5.56 Å². The van der Waals surface area contributed by atoms with Gasteiger partial charge < -0.3 is 15.4 Å². The predicted molar refractivity (Wildman–Crippen MR) is 104 cm³/mol. The Bertz CT molecular complexity index is 890. The molecule has 0 aliphatic carbocycles. The lowest BCUT2D eigenvalue weighted by Crippen LogP contribution is -2.36. The first-order valence-corrected chi connectivity index (χ1v) is 8.75. The van der Waals surface area contributed by atoms with Crippen molar-refractivity contribution in [1.82, 2.24) is 4.90 Å². The van der Waals surface area contributed by atoms with Crippen LogP contribution in [0.4, 0.5) is 24.5 Å². The third-order valence-corrected chi connectivity index (χ3v) is 3.98. The highest BCUT2D eigenvalue weighted by molar-refractivity contribution is 6.30. The molecule has 2 amide bonds. The topological polar surface area (TPSA) is 70.7 Å². The molecule has 2 rings (SSSR count). The molecule has 0 aliphatic heterocycles. The molecule has 0 aromatic heterocycles. The van der Waals surface area contributed by atoms with Gasteiger partial charge in [-0.25, -0.2) is 0 Å². The van der Waals surface area contributed by atoms with Gasteiger partial charge in [0, 0.05) is 16.8 Å². The van der Waals surface area contributed by atoms with Gasteiger partial charge in [0.05, 0.1) is 31.5 Å². The fourth-order valence-corrected chi connectivity index (χ4v) is 2.67. The Labute approximate surface area is 170 Å². The smallest absolute Gasteiger partial charge is 0.418 e. The molecule has 6 nitrogen and oxygen atoms in total. The van der Waals surface area contributed by atoms with Crippen molar-refractivity contribution in [2.45, 2.75) is 6.18 Å². The fourth-order valence-electron chi connectivity index (χ4n) is 2.50. The molecule has 2 aromatic carbocycles. The molecule has 156 valence electrons. The number of rotatable bonds is 7. The summed E-state index contributed by atoms with van der Waals surface area (Å²) in [4.78, 5) is 25.6. The van der Waals surface area contributed by atoms with Crippen LogP contribution in [-0.2, 0) is 15.8 Å². The summed E-state index contributed by atoms with van der Waals surface area (Å²) in [6.07, 6.45) is -4.67. The summed E-state index contributed by atoms with van der Waals surface area (Å²) in [5.41, 5.74) is -0.930. The van der Waals surface area contributed by atoms with Crippen LogP contribution in [0, 0.1) is 0 Å². The third-order valence-electron chi connectivity index (χ3n) is 3.74. The minimum Gasteiger partial charge on any atom is -0.497 e. The number of likely N-dealkylation sites (N-methyl/N-ethyl adjacent to an activating group) is 1. The number of benzene rings is 2. The summed E-state index contributed by atoms with van der Waals surface area (Å²) in [5, 5.41) is 4.76. The molecule has 0 radical (unpaired) electrons. The molecule has 0 fully saturated rings. The summed E-state index contributed by atoms with van der Waals surface area (Å²) in [6.45, 7) is -0.428. The zero-order valence-corrected chi connectivity index (χ0v) is 16.4. The first-order chi connectivity index (χ1) is 13.6. The van der Waals surface area contributed by atoms with Gasteiger partial charge in [-0.1, -0.05) is 17.7 Å².